The van der Waals surface area contributed by atoms with Crippen LogP contribution in [0.25, 0.3) is 44.3 Å². The third-order valence-corrected chi connectivity index (χ3v) is 5.06. The van der Waals surface area contributed by atoms with E-state index in [1.54, 1.807) is 12.4 Å². The first-order chi connectivity index (χ1) is 14.3. The molecule has 5 aromatic rings. The number of pyridine rings is 2. The lowest BCUT2D eigenvalue weighted by Gasteiger charge is -2.12. The molecule has 6 nitrogen and oxygen atoms in total. The van der Waals surface area contributed by atoms with Gasteiger partial charge in [0.2, 0.25) is 0 Å². The van der Waals surface area contributed by atoms with Gasteiger partial charge in [0, 0.05) is 41.8 Å². The number of ether oxygens (including phenoxy) is 1. The highest BCUT2D eigenvalue weighted by Gasteiger charge is 2.19. The predicted octanol–water partition coefficient (Wildman–Crippen LogP) is 4.79. The molecular formula is C23H22ClN5O. The van der Waals surface area contributed by atoms with Crippen LogP contribution in [0, 0.1) is 0 Å². The van der Waals surface area contributed by atoms with Crippen molar-refractivity contribution in [2.75, 3.05) is 20.2 Å². The normalized spacial score (nSPS) is 11.0. The van der Waals surface area contributed by atoms with Gasteiger partial charge in [0.1, 0.15) is 12.4 Å². The average Bonchev–Trinajstić information content (AvgIpc) is 3.38. The summed E-state index contributed by atoms with van der Waals surface area (Å²) < 4.78 is 6.01. The van der Waals surface area contributed by atoms with Gasteiger partial charge in [-0.1, -0.05) is 12.1 Å². The van der Waals surface area contributed by atoms with Crippen molar-refractivity contribution in [2.24, 2.45) is 0 Å². The van der Waals surface area contributed by atoms with E-state index in [0.29, 0.717) is 6.61 Å². The fourth-order valence-corrected chi connectivity index (χ4v) is 3.67. The fourth-order valence-electron chi connectivity index (χ4n) is 3.67. The van der Waals surface area contributed by atoms with Crippen LogP contribution in [-0.2, 0) is 0 Å². The lowest BCUT2D eigenvalue weighted by atomic mass is 9.99. The maximum absolute atomic E-state index is 6.01. The van der Waals surface area contributed by atoms with Crippen LogP contribution in [0.15, 0.2) is 67.3 Å². The molecule has 0 atom stereocenters. The molecule has 0 aliphatic rings. The Labute approximate surface area is 180 Å². The molecule has 0 aliphatic heterocycles. The van der Waals surface area contributed by atoms with Gasteiger partial charge in [0.05, 0.1) is 22.9 Å². The van der Waals surface area contributed by atoms with Crippen LogP contribution in [0.3, 0.4) is 0 Å². The summed E-state index contributed by atoms with van der Waals surface area (Å²) in [6.07, 6.45) is 7.34. The molecule has 3 N–H and O–H groups in total. The summed E-state index contributed by atoms with van der Waals surface area (Å²) >= 11 is 0. The summed E-state index contributed by atoms with van der Waals surface area (Å²) in [5.41, 5.74) is 7.12. The summed E-state index contributed by atoms with van der Waals surface area (Å²) in [5.74, 6) is 0.747. The molecule has 30 heavy (non-hydrogen) atoms. The second-order valence-electron chi connectivity index (χ2n) is 6.88. The van der Waals surface area contributed by atoms with Crippen molar-refractivity contribution in [3.8, 4) is 28.1 Å². The van der Waals surface area contributed by atoms with E-state index in [9.17, 15) is 0 Å². The Morgan fingerprint density at radius 1 is 1.07 bits per heavy atom. The molecule has 0 aliphatic carbocycles. The van der Waals surface area contributed by atoms with Gasteiger partial charge in [-0.3, -0.25) is 9.97 Å². The number of rotatable bonds is 6. The van der Waals surface area contributed by atoms with Crippen molar-refractivity contribution < 1.29 is 4.74 Å². The van der Waals surface area contributed by atoms with E-state index >= 15 is 0 Å². The van der Waals surface area contributed by atoms with Crippen molar-refractivity contribution >= 4 is 34.3 Å². The maximum Gasteiger partial charge on any atom is 0.146 e. The van der Waals surface area contributed by atoms with Crippen LogP contribution in [-0.4, -0.2) is 40.1 Å². The first-order valence-corrected chi connectivity index (χ1v) is 9.61. The minimum atomic E-state index is 0. The highest BCUT2D eigenvalue weighted by molar-refractivity contribution is 6.03. The van der Waals surface area contributed by atoms with E-state index < -0.39 is 0 Å². The minimum Gasteiger partial charge on any atom is -0.490 e. The summed E-state index contributed by atoms with van der Waals surface area (Å²) in [5, 5.41) is 4.29. The molecule has 0 saturated heterocycles. The molecule has 5 rings (SSSR count). The van der Waals surface area contributed by atoms with E-state index in [1.165, 1.54) is 5.39 Å². The number of H-pyrrole nitrogens is 2. The largest absolute Gasteiger partial charge is 0.490 e. The molecule has 4 aromatic heterocycles. The first-order valence-electron chi connectivity index (χ1n) is 9.61. The van der Waals surface area contributed by atoms with Crippen LogP contribution in [0.4, 0.5) is 0 Å². The van der Waals surface area contributed by atoms with Gasteiger partial charge >= 0.3 is 0 Å². The third-order valence-electron chi connectivity index (χ3n) is 5.06. The van der Waals surface area contributed by atoms with Crippen LogP contribution in [0.1, 0.15) is 0 Å². The number of aromatic nitrogens is 4. The quantitative estimate of drug-likeness (QED) is 0.346. The second-order valence-corrected chi connectivity index (χ2v) is 6.88. The number of hydrogen-bond acceptors (Lipinski definition) is 4. The third kappa shape index (κ3) is 3.51. The van der Waals surface area contributed by atoms with Crippen LogP contribution >= 0.6 is 12.4 Å². The second kappa shape index (κ2) is 8.57. The average molecular weight is 420 g/mol. The Kier molecular flexibility index (Phi) is 5.70. The Morgan fingerprint density at radius 2 is 2.00 bits per heavy atom. The van der Waals surface area contributed by atoms with Crippen molar-refractivity contribution in [1.29, 1.82) is 0 Å². The Bertz CT molecular complexity index is 1290. The molecule has 152 valence electrons. The molecule has 4 heterocycles. The smallest absolute Gasteiger partial charge is 0.146 e. The van der Waals surface area contributed by atoms with Crippen LogP contribution in [0.2, 0.25) is 0 Å². The highest BCUT2D eigenvalue weighted by Crippen LogP contribution is 2.41. The molecule has 0 radical (unpaired) electrons. The monoisotopic (exact) mass is 419 g/mol. The molecule has 0 bridgehead atoms. The number of benzene rings is 1. The van der Waals surface area contributed by atoms with Crippen molar-refractivity contribution in [2.45, 2.75) is 0 Å². The predicted molar refractivity (Wildman–Crippen MR) is 123 cm³/mol. The van der Waals surface area contributed by atoms with Crippen molar-refractivity contribution in [3.63, 3.8) is 0 Å². The van der Waals surface area contributed by atoms with Gasteiger partial charge in [-0.15, -0.1) is 12.4 Å². The van der Waals surface area contributed by atoms with Gasteiger partial charge in [-0.25, -0.2) is 0 Å². The van der Waals surface area contributed by atoms with E-state index in [-0.39, 0.29) is 12.4 Å². The maximum atomic E-state index is 6.01. The Balaban J connectivity index is 0.00000218. The lowest BCUT2D eigenvalue weighted by Crippen LogP contribution is -2.16. The number of fused-ring (bicyclic) bond motifs is 2. The topological polar surface area (TPSA) is 78.6 Å². The summed E-state index contributed by atoms with van der Waals surface area (Å²) in [6, 6.07) is 14.5. The lowest BCUT2D eigenvalue weighted by molar-refractivity contribution is 0.318. The SMILES string of the molecule is CNCCOc1cnccc1-c1[nH]c2cccnc2c1-c1ccc2cc[nH]c2c1.Cl. The van der Waals surface area contributed by atoms with E-state index in [4.69, 9.17) is 4.74 Å². The summed E-state index contributed by atoms with van der Waals surface area (Å²) in [4.78, 5) is 15.8. The zero-order chi connectivity index (χ0) is 19.6. The Hall–Kier alpha value is -3.35. The van der Waals surface area contributed by atoms with Gasteiger partial charge in [0.15, 0.2) is 0 Å². The van der Waals surface area contributed by atoms with E-state index in [2.05, 4.69) is 49.5 Å². The van der Waals surface area contributed by atoms with Crippen molar-refractivity contribution in [3.05, 3.63) is 67.3 Å². The van der Waals surface area contributed by atoms with Gasteiger partial charge < -0.3 is 20.0 Å². The van der Waals surface area contributed by atoms with Gasteiger partial charge in [0.25, 0.3) is 0 Å². The summed E-state index contributed by atoms with van der Waals surface area (Å²) in [7, 11) is 1.91. The molecule has 0 fully saturated rings. The molecule has 0 amide bonds. The van der Waals surface area contributed by atoms with Crippen LogP contribution in [0.5, 0.6) is 5.75 Å². The molecule has 0 spiro atoms. The number of nitrogens with one attached hydrogen (secondary N) is 3. The number of halogens is 1. The number of nitrogens with zero attached hydrogens (tertiary/aromatic N) is 2. The minimum absolute atomic E-state index is 0. The first kappa shape index (κ1) is 19.9. The van der Waals surface area contributed by atoms with E-state index in [0.717, 1.165) is 51.2 Å². The standard InChI is InChI=1S/C23H21N5O.ClH/c1-24-11-12-29-20-14-25-9-7-17(20)22-21(23-18(28-22)3-2-8-27-23)16-5-4-15-6-10-26-19(15)13-16;/h2-10,13-14,24,26,28H,11-12H2,1H3;1H. The fraction of sp³-hybridized carbons (Fsp3) is 0.130. The van der Waals surface area contributed by atoms with Crippen LogP contribution < -0.4 is 10.1 Å². The number of aromatic amines is 2. The highest BCUT2D eigenvalue weighted by atomic mass is 35.5. The Morgan fingerprint density at radius 3 is 2.90 bits per heavy atom. The molecule has 7 heteroatoms. The molecular weight excluding hydrogens is 398 g/mol. The van der Waals surface area contributed by atoms with Crippen molar-refractivity contribution in [1.82, 2.24) is 25.3 Å². The molecule has 0 unspecified atom stereocenters. The zero-order valence-electron chi connectivity index (χ0n) is 16.5. The zero-order valence-corrected chi connectivity index (χ0v) is 17.3. The molecule has 0 saturated carbocycles. The van der Waals surface area contributed by atoms with Gasteiger partial charge in [-0.05, 0) is 48.3 Å². The number of likely N-dealkylation sites (N-methyl/N-ethyl adjacent to an activating group) is 1. The van der Waals surface area contributed by atoms with E-state index in [1.807, 2.05) is 37.6 Å². The van der Waals surface area contributed by atoms with Gasteiger partial charge in [-0.2, -0.15) is 0 Å². The summed E-state index contributed by atoms with van der Waals surface area (Å²) in [6.45, 7) is 1.33. The molecule has 1 aromatic carbocycles. The number of hydrogen-bond donors (Lipinski definition) is 3.